The molecule has 0 N–H and O–H groups in total. The fraction of sp³-hybridized carbons (Fsp3) is 0.714. The first-order valence-electron chi connectivity index (χ1n) is 3.35. The molecular weight excluding hydrogens is 148 g/mol. The van der Waals surface area contributed by atoms with Gasteiger partial charge in [-0.2, -0.15) is 11.8 Å². The summed E-state index contributed by atoms with van der Waals surface area (Å²) in [4.78, 5) is 0. The summed E-state index contributed by atoms with van der Waals surface area (Å²) < 4.78 is 10.4. The van der Waals surface area contributed by atoms with Crippen molar-refractivity contribution in [3.63, 3.8) is 0 Å². The fourth-order valence-electron chi connectivity index (χ4n) is 0.751. The van der Waals surface area contributed by atoms with Gasteiger partial charge in [0, 0.05) is 11.5 Å². The Morgan fingerprint density at radius 3 is 2.80 bits per heavy atom. The molecule has 0 aromatic heterocycles. The Kier molecular flexibility index (Phi) is 3.87. The summed E-state index contributed by atoms with van der Waals surface area (Å²) in [6.07, 6.45) is 1.92. The van der Waals surface area contributed by atoms with Crippen LogP contribution in [0.15, 0.2) is 12.7 Å². The highest BCUT2D eigenvalue weighted by Gasteiger charge is 2.14. The summed E-state index contributed by atoms with van der Waals surface area (Å²) in [5, 5.41) is 0. The molecule has 0 radical (unpaired) electrons. The molecule has 1 fully saturated rings. The first-order chi connectivity index (χ1) is 4.93. The average molecular weight is 160 g/mol. The van der Waals surface area contributed by atoms with E-state index >= 15 is 0 Å². The van der Waals surface area contributed by atoms with Crippen molar-refractivity contribution in [1.82, 2.24) is 0 Å². The van der Waals surface area contributed by atoms with Crippen LogP contribution in [0.5, 0.6) is 0 Å². The van der Waals surface area contributed by atoms with Crippen LogP contribution in [-0.4, -0.2) is 31.0 Å². The van der Waals surface area contributed by atoms with E-state index in [4.69, 9.17) is 9.47 Å². The van der Waals surface area contributed by atoms with Crippen LogP contribution in [0.2, 0.25) is 0 Å². The predicted molar refractivity (Wildman–Crippen MR) is 43.2 cm³/mol. The van der Waals surface area contributed by atoms with Gasteiger partial charge in [-0.05, 0) is 0 Å². The molecule has 0 aromatic rings. The average Bonchev–Trinajstić information content (AvgIpc) is 2.41. The molecule has 2 nitrogen and oxygen atoms in total. The normalized spacial score (nSPS) is 19.6. The van der Waals surface area contributed by atoms with E-state index in [9.17, 15) is 0 Å². The van der Waals surface area contributed by atoms with E-state index in [0.717, 1.165) is 24.7 Å². The summed E-state index contributed by atoms with van der Waals surface area (Å²) in [7, 11) is 0. The highest BCUT2D eigenvalue weighted by molar-refractivity contribution is 7.99. The van der Waals surface area contributed by atoms with Crippen molar-refractivity contribution in [2.75, 3.05) is 24.7 Å². The maximum Gasteiger partial charge on any atom is 0.166 e. The van der Waals surface area contributed by atoms with Crippen molar-refractivity contribution in [3.8, 4) is 0 Å². The predicted octanol–water partition coefficient (Wildman–Crippen LogP) is 1.28. The van der Waals surface area contributed by atoms with Crippen LogP contribution in [0.3, 0.4) is 0 Å². The van der Waals surface area contributed by atoms with E-state index in [1.54, 1.807) is 11.8 Å². The largest absolute Gasteiger partial charge is 0.349 e. The van der Waals surface area contributed by atoms with Crippen LogP contribution in [0, 0.1) is 0 Å². The molecule has 1 aliphatic rings. The van der Waals surface area contributed by atoms with Crippen molar-refractivity contribution < 1.29 is 9.47 Å². The molecule has 3 heteroatoms. The minimum absolute atomic E-state index is 0.0324. The zero-order valence-corrected chi connectivity index (χ0v) is 6.73. The highest BCUT2D eigenvalue weighted by atomic mass is 32.2. The Morgan fingerprint density at radius 2 is 2.20 bits per heavy atom. The van der Waals surface area contributed by atoms with Crippen molar-refractivity contribution in [3.05, 3.63) is 12.7 Å². The maximum atomic E-state index is 5.22. The summed E-state index contributed by atoms with van der Waals surface area (Å²) >= 11 is 1.78. The van der Waals surface area contributed by atoms with E-state index in [-0.39, 0.29) is 6.29 Å². The molecule has 0 unspecified atom stereocenters. The Morgan fingerprint density at radius 1 is 1.50 bits per heavy atom. The number of rotatable bonds is 4. The van der Waals surface area contributed by atoms with Crippen LogP contribution in [0.1, 0.15) is 0 Å². The van der Waals surface area contributed by atoms with Crippen molar-refractivity contribution in [2.24, 2.45) is 0 Å². The van der Waals surface area contributed by atoms with E-state index in [1.807, 2.05) is 6.08 Å². The molecule has 0 amide bonds. The molecule has 0 aliphatic carbocycles. The lowest BCUT2D eigenvalue weighted by molar-refractivity contribution is -0.0214. The second-order valence-electron chi connectivity index (χ2n) is 2.00. The minimum atomic E-state index is 0.0324. The zero-order chi connectivity index (χ0) is 7.23. The molecular formula is C7H12O2S. The first-order valence-corrected chi connectivity index (χ1v) is 4.51. The van der Waals surface area contributed by atoms with Gasteiger partial charge in [-0.1, -0.05) is 6.08 Å². The third-order valence-electron chi connectivity index (χ3n) is 1.18. The van der Waals surface area contributed by atoms with Gasteiger partial charge in [0.15, 0.2) is 6.29 Å². The molecule has 0 saturated carbocycles. The summed E-state index contributed by atoms with van der Waals surface area (Å²) in [5.41, 5.74) is 0. The minimum Gasteiger partial charge on any atom is -0.349 e. The lowest BCUT2D eigenvalue weighted by Crippen LogP contribution is -2.10. The summed E-state index contributed by atoms with van der Waals surface area (Å²) in [5.74, 6) is 1.90. The monoisotopic (exact) mass is 160 g/mol. The maximum absolute atomic E-state index is 5.22. The van der Waals surface area contributed by atoms with Crippen LogP contribution in [0.4, 0.5) is 0 Å². The second kappa shape index (κ2) is 4.77. The number of hydrogen-bond acceptors (Lipinski definition) is 3. The summed E-state index contributed by atoms with van der Waals surface area (Å²) in [6.45, 7) is 5.12. The Balaban J connectivity index is 1.96. The molecule has 1 heterocycles. The van der Waals surface area contributed by atoms with E-state index in [0.29, 0.717) is 0 Å². The van der Waals surface area contributed by atoms with Gasteiger partial charge in [-0.25, -0.2) is 0 Å². The molecule has 0 aromatic carbocycles. The SMILES string of the molecule is C=CCSCC1OCCO1. The second-order valence-corrected chi connectivity index (χ2v) is 3.07. The van der Waals surface area contributed by atoms with Crippen molar-refractivity contribution in [1.29, 1.82) is 0 Å². The van der Waals surface area contributed by atoms with Gasteiger partial charge in [-0.15, -0.1) is 6.58 Å². The highest BCUT2D eigenvalue weighted by Crippen LogP contribution is 2.10. The lowest BCUT2D eigenvalue weighted by atomic mass is 10.7. The van der Waals surface area contributed by atoms with Gasteiger partial charge in [0.2, 0.25) is 0 Å². The van der Waals surface area contributed by atoms with Crippen LogP contribution >= 0.6 is 11.8 Å². The Bertz CT molecular complexity index is 99.8. The third-order valence-corrected chi connectivity index (χ3v) is 2.16. The van der Waals surface area contributed by atoms with Crippen LogP contribution in [0.25, 0.3) is 0 Å². The molecule has 0 bridgehead atoms. The Hall–Kier alpha value is 0.01000. The quantitative estimate of drug-likeness (QED) is 0.456. The van der Waals surface area contributed by atoms with Crippen LogP contribution < -0.4 is 0 Å². The van der Waals surface area contributed by atoms with Gasteiger partial charge in [0.25, 0.3) is 0 Å². The lowest BCUT2D eigenvalue weighted by Gasteiger charge is -2.05. The summed E-state index contributed by atoms with van der Waals surface area (Å²) in [6, 6.07) is 0. The molecule has 1 aliphatic heterocycles. The van der Waals surface area contributed by atoms with E-state index < -0.39 is 0 Å². The van der Waals surface area contributed by atoms with Crippen molar-refractivity contribution >= 4 is 11.8 Å². The zero-order valence-electron chi connectivity index (χ0n) is 5.91. The van der Waals surface area contributed by atoms with Gasteiger partial charge >= 0.3 is 0 Å². The number of thioether (sulfide) groups is 1. The van der Waals surface area contributed by atoms with Gasteiger partial charge in [0.1, 0.15) is 0 Å². The molecule has 0 spiro atoms. The molecule has 58 valence electrons. The first kappa shape index (κ1) is 8.11. The Labute approximate surface area is 65.6 Å². The topological polar surface area (TPSA) is 18.5 Å². The van der Waals surface area contributed by atoms with Gasteiger partial charge in [-0.3, -0.25) is 0 Å². The van der Waals surface area contributed by atoms with Crippen LogP contribution in [-0.2, 0) is 9.47 Å². The number of ether oxygens (including phenoxy) is 2. The van der Waals surface area contributed by atoms with Crippen molar-refractivity contribution in [2.45, 2.75) is 6.29 Å². The number of hydrogen-bond donors (Lipinski definition) is 0. The standard InChI is InChI=1S/C7H12O2S/c1-2-5-10-6-7-8-3-4-9-7/h2,7H,1,3-6H2. The van der Waals surface area contributed by atoms with E-state index in [2.05, 4.69) is 6.58 Å². The molecule has 10 heavy (non-hydrogen) atoms. The molecule has 1 rings (SSSR count). The fourth-order valence-corrected chi connectivity index (χ4v) is 1.44. The third kappa shape index (κ3) is 2.73. The molecule has 1 saturated heterocycles. The van der Waals surface area contributed by atoms with Gasteiger partial charge < -0.3 is 9.47 Å². The van der Waals surface area contributed by atoms with E-state index in [1.165, 1.54) is 0 Å². The smallest absolute Gasteiger partial charge is 0.166 e. The molecule has 0 atom stereocenters. The van der Waals surface area contributed by atoms with Gasteiger partial charge in [0.05, 0.1) is 13.2 Å².